The minimum Gasteiger partial charge on any atom is -0.496 e. The van der Waals surface area contributed by atoms with Gasteiger partial charge in [-0.1, -0.05) is 50.3 Å². The lowest BCUT2D eigenvalue weighted by atomic mass is 9.81. The van der Waals surface area contributed by atoms with E-state index in [1.165, 1.54) is 52.5 Å². The number of nitrogens with zero attached hydrogens (tertiary/aromatic N) is 6. The lowest BCUT2D eigenvalue weighted by Gasteiger charge is -2.34. The number of halogens is 6. The van der Waals surface area contributed by atoms with Crippen molar-refractivity contribution < 1.29 is 129 Å². The fraction of sp³-hybridized carbons (Fsp3) is 0.667. The molecule has 6 fully saturated rings. The molecule has 2 saturated heterocycles. The Bertz CT molecular complexity index is 4630. The average Bonchev–Trinajstić information content (AvgIpc) is 1.56. The molecule has 0 radical (unpaired) electrons. The Balaban J connectivity index is 0.000000238. The number of Topliss-reactive ketones (excluding diaryl/α,β-unsaturated/α-hetero) is 2. The fourth-order valence-corrected chi connectivity index (χ4v) is 19.6. The molecule has 4 aliphatic carbocycles. The van der Waals surface area contributed by atoms with Gasteiger partial charge in [0.15, 0.2) is 11.6 Å². The molecule has 30 nitrogen and oxygen atoms in total. The molecule has 2 N–H and O–H groups in total. The molecular formula is C84H110F6N8O22S2. The molecule has 4 saturated carbocycles. The van der Waals surface area contributed by atoms with Crippen LogP contribution in [0.3, 0.4) is 0 Å². The number of ketones is 2. The Labute approximate surface area is 705 Å². The van der Waals surface area contributed by atoms with E-state index in [2.05, 4.69) is 29.4 Å². The van der Waals surface area contributed by atoms with Crippen LogP contribution < -0.4 is 37.9 Å². The number of sulfonamides is 2. The van der Waals surface area contributed by atoms with Crippen molar-refractivity contribution in [1.82, 2.24) is 39.2 Å². The molecule has 2 aromatic heterocycles. The Morgan fingerprint density at radius 2 is 0.885 bits per heavy atom. The van der Waals surface area contributed by atoms with Crippen molar-refractivity contribution in [3.63, 3.8) is 0 Å². The minimum atomic E-state index is -4.91. The van der Waals surface area contributed by atoms with Crippen LogP contribution >= 0.6 is 0 Å². The van der Waals surface area contributed by atoms with Crippen molar-refractivity contribution >= 4 is 89.0 Å². The Morgan fingerprint density at radius 1 is 0.525 bits per heavy atom. The van der Waals surface area contributed by atoms with Crippen LogP contribution in [0, 0.1) is 58.2 Å². The number of carbonyl (C=O) groups is 8. The summed E-state index contributed by atoms with van der Waals surface area (Å²) in [4.78, 5) is 135. The highest BCUT2D eigenvalue weighted by Gasteiger charge is 2.65. The van der Waals surface area contributed by atoms with E-state index in [1.54, 1.807) is 50.2 Å². The molecule has 8 aliphatic rings. The predicted molar refractivity (Wildman–Crippen MR) is 428 cm³/mol. The summed E-state index contributed by atoms with van der Waals surface area (Å²) in [6.07, 6.45) is -1.94. The van der Waals surface area contributed by atoms with Crippen molar-refractivity contribution in [2.24, 2.45) is 58.2 Å². The third-order valence-corrected chi connectivity index (χ3v) is 29.8. The molecule has 122 heavy (non-hydrogen) atoms. The van der Waals surface area contributed by atoms with Crippen molar-refractivity contribution in [3.8, 4) is 35.3 Å². The number of fused-ring (bicyclic) bond motifs is 6. The zero-order valence-corrected chi connectivity index (χ0v) is 72.6. The maximum absolute atomic E-state index is 15.1. The van der Waals surface area contributed by atoms with Crippen LogP contribution in [0.4, 0.5) is 26.3 Å². The topological polar surface area (TPSA) is 379 Å². The van der Waals surface area contributed by atoms with Gasteiger partial charge in [0.05, 0.1) is 110 Å². The second-order valence-electron chi connectivity index (χ2n) is 35.4. The SMILES string of the molecule is COC[C@@H]1C[C@@H](C)CC/C=C\[C@@H]2C[C@@]2(C(=O)NS(=O)(=O)C2(C)CC2)CC(=O)[C@@H]2C[C@@H](Oc3nc(OC)c4c(OC)cccc4n3)CN2C(=O)[C@H]1CC(=O)OC(C)(C)C(F)(F)F.COC[C@@H]1C[C@H](C)CC/C=C\[C@@H]2C[C@@]2(C(=O)NS(=O)(=O)C2(C)CC2)CC(=O)[C@@H]2C[C@@H](Oc3nc(OC)c4c(OC)cccc4n3)CN2C(=O)[C@H]1CC(=O)OC(C)(C)C(F)(F)F. The normalized spacial score (nSPS) is 28.7. The summed E-state index contributed by atoms with van der Waals surface area (Å²) in [5.74, 6) is -10.6. The molecule has 0 unspecified atom stereocenters. The van der Waals surface area contributed by atoms with Crippen molar-refractivity contribution in [1.29, 1.82) is 0 Å². The van der Waals surface area contributed by atoms with E-state index in [0.29, 0.717) is 97.5 Å². The van der Waals surface area contributed by atoms with E-state index >= 15 is 9.59 Å². The maximum Gasteiger partial charge on any atom is 0.427 e. The van der Waals surface area contributed by atoms with E-state index in [1.807, 2.05) is 38.2 Å². The molecule has 4 amide bonds. The first kappa shape index (κ1) is 93.7. The van der Waals surface area contributed by atoms with Crippen LogP contribution in [0.2, 0.25) is 0 Å². The number of hydrogen-bond donors (Lipinski definition) is 2. The van der Waals surface area contributed by atoms with Gasteiger partial charge in [0.25, 0.3) is 0 Å². The highest BCUT2D eigenvalue weighted by molar-refractivity contribution is 7.92. The predicted octanol–water partition coefficient (Wildman–Crippen LogP) is 11.0. The smallest absolute Gasteiger partial charge is 0.427 e. The van der Waals surface area contributed by atoms with E-state index in [-0.39, 0.29) is 87.6 Å². The number of methoxy groups -OCH3 is 6. The Kier molecular flexibility index (Phi) is 27.8. The Hall–Kier alpha value is -9.04. The van der Waals surface area contributed by atoms with Gasteiger partial charge in [0.1, 0.15) is 34.5 Å². The van der Waals surface area contributed by atoms with Gasteiger partial charge in [0.2, 0.25) is 66.6 Å². The molecule has 2 aromatic carbocycles. The van der Waals surface area contributed by atoms with Gasteiger partial charge in [0, 0.05) is 53.1 Å². The summed E-state index contributed by atoms with van der Waals surface area (Å²) >= 11 is 0. The lowest BCUT2D eigenvalue weighted by Crippen LogP contribution is -2.49. The summed E-state index contributed by atoms with van der Waals surface area (Å²) in [7, 11) is 0.469. The number of rotatable bonds is 24. The van der Waals surface area contributed by atoms with Gasteiger partial charge in [-0.2, -0.15) is 46.3 Å². The van der Waals surface area contributed by atoms with Gasteiger partial charge in [-0.15, -0.1) is 0 Å². The highest BCUT2D eigenvalue weighted by Crippen LogP contribution is 2.60. The number of amides is 4. The molecule has 672 valence electrons. The first-order valence-corrected chi connectivity index (χ1v) is 43.9. The first-order chi connectivity index (χ1) is 57.2. The number of alkyl halides is 6. The lowest BCUT2D eigenvalue weighted by molar-refractivity contribution is -0.257. The van der Waals surface area contributed by atoms with Crippen LogP contribution in [0.1, 0.15) is 171 Å². The van der Waals surface area contributed by atoms with E-state index in [9.17, 15) is 71.9 Å². The average molecular weight is 1760 g/mol. The van der Waals surface area contributed by atoms with Crippen molar-refractivity contribution in [3.05, 3.63) is 60.7 Å². The van der Waals surface area contributed by atoms with Crippen LogP contribution in [0.5, 0.6) is 35.3 Å². The van der Waals surface area contributed by atoms with E-state index < -0.39 is 197 Å². The number of hydrogen-bond acceptors (Lipinski definition) is 26. The number of aromatic nitrogens is 4. The van der Waals surface area contributed by atoms with Gasteiger partial charge in [-0.3, -0.25) is 47.8 Å². The molecule has 0 bridgehead atoms. The summed E-state index contributed by atoms with van der Waals surface area (Å²) in [6, 6.07) is 7.40. The van der Waals surface area contributed by atoms with Gasteiger partial charge >= 0.3 is 36.3 Å². The molecule has 4 aliphatic heterocycles. The molecule has 14 atom stereocenters. The van der Waals surface area contributed by atoms with Gasteiger partial charge in [-0.05, 0) is 178 Å². The number of ether oxygens (including phenoxy) is 10. The largest absolute Gasteiger partial charge is 0.496 e. The number of benzene rings is 2. The zero-order valence-electron chi connectivity index (χ0n) is 71.0. The summed E-state index contributed by atoms with van der Waals surface area (Å²) in [6.45, 7) is 9.32. The summed E-state index contributed by atoms with van der Waals surface area (Å²) in [5, 5.41) is 0.945. The summed E-state index contributed by atoms with van der Waals surface area (Å²) < 4.78 is 194. The maximum atomic E-state index is 15.1. The molecule has 38 heteroatoms. The Morgan fingerprint density at radius 3 is 1.20 bits per heavy atom. The van der Waals surface area contributed by atoms with Crippen LogP contribution in [-0.2, 0) is 77.4 Å². The third kappa shape index (κ3) is 20.3. The summed E-state index contributed by atoms with van der Waals surface area (Å²) in [5.41, 5.74) is -7.75. The van der Waals surface area contributed by atoms with E-state index in [0.717, 1.165) is 27.7 Å². The fourth-order valence-electron chi connectivity index (χ4n) is 16.9. The van der Waals surface area contributed by atoms with Crippen LogP contribution in [0.15, 0.2) is 60.7 Å². The van der Waals surface area contributed by atoms with E-state index in [4.69, 9.17) is 47.4 Å². The van der Waals surface area contributed by atoms with Crippen molar-refractivity contribution in [2.45, 2.75) is 228 Å². The van der Waals surface area contributed by atoms with Gasteiger partial charge < -0.3 is 57.2 Å². The number of allylic oxidation sites excluding steroid dienone is 4. The number of esters is 2. The van der Waals surface area contributed by atoms with Gasteiger partial charge in [-0.25, -0.2) is 16.8 Å². The second-order valence-corrected chi connectivity index (χ2v) is 39.8. The van der Waals surface area contributed by atoms with Crippen LogP contribution in [-0.4, -0.2) is 220 Å². The number of carbonyl (C=O) groups excluding carboxylic acids is 8. The van der Waals surface area contributed by atoms with Crippen LogP contribution in [0.25, 0.3) is 21.8 Å². The molecular weight excluding hydrogens is 1650 g/mol. The van der Waals surface area contributed by atoms with Crippen molar-refractivity contribution in [2.75, 3.05) is 69.0 Å². The first-order valence-electron chi connectivity index (χ1n) is 41.0. The molecule has 6 heterocycles. The molecule has 12 rings (SSSR count). The quantitative estimate of drug-likeness (QED) is 0.0374. The highest BCUT2D eigenvalue weighted by atomic mass is 32.2. The second kappa shape index (κ2) is 36.3. The molecule has 4 aromatic rings. The number of nitrogens with one attached hydrogen (secondary N) is 2. The molecule has 0 spiro atoms. The third-order valence-electron chi connectivity index (χ3n) is 25.5. The zero-order chi connectivity index (χ0) is 89.4. The standard InChI is InChI=1S/2C42H55F3N4O11S/c2*1-24-11-8-9-12-26-20-41(26,37(53)48-61(54,55)40(4)15-16-40)21-31(50)30-18-27(59-38-46-29-13-10-14-32(57-6)34(29)35(47-38)58-7)22-49(30)36(52)28(25(17-24)23-56-5)19-33(51)60-39(2,3)42(43,44)45/h2*9-10,12-14,24-28,30H,8,11,15-23H2,1-7H3,(H,48,53)/b2*12-9-/t24-,25+,26-,27-,28+,30+,41-;24-,25-,26+,27+,28-,30-,41+/m10/s1. The minimum absolute atomic E-state index is 0.0359. The monoisotopic (exact) mass is 1760 g/mol.